The smallest absolute Gasteiger partial charge is 0.234 e. The largest absolute Gasteiger partial charge is 0.383 e. The molecule has 90 valence electrons. The van der Waals surface area contributed by atoms with Gasteiger partial charge in [0.25, 0.3) is 0 Å². The van der Waals surface area contributed by atoms with Gasteiger partial charge in [0, 0.05) is 19.7 Å². The van der Waals surface area contributed by atoms with Crippen molar-refractivity contribution in [2.45, 2.75) is 19.4 Å². The molecular weight excluding hydrogens is 194 g/mol. The van der Waals surface area contributed by atoms with Gasteiger partial charge in [-0.2, -0.15) is 0 Å². The Labute approximate surface area is 91.9 Å². The summed E-state index contributed by atoms with van der Waals surface area (Å²) in [5.74, 6) is 0.0263. The topological polar surface area (TPSA) is 67.6 Å². The Morgan fingerprint density at radius 2 is 2.27 bits per heavy atom. The van der Waals surface area contributed by atoms with Gasteiger partial charge in [0.15, 0.2) is 0 Å². The first kappa shape index (κ1) is 14.3. The number of nitrogens with zero attached hydrogens (tertiary/aromatic N) is 1. The van der Waals surface area contributed by atoms with E-state index in [2.05, 4.69) is 12.2 Å². The SMILES string of the molecule is COCCNC(=O)CN(C)C(C)CCN. The quantitative estimate of drug-likeness (QED) is 0.534. The van der Waals surface area contributed by atoms with E-state index in [1.807, 2.05) is 11.9 Å². The van der Waals surface area contributed by atoms with Crippen LogP contribution in [0.2, 0.25) is 0 Å². The van der Waals surface area contributed by atoms with Gasteiger partial charge in [0.2, 0.25) is 5.91 Å². The van der Waals surface area contributed by atoms with Crippen LogP contribution in [0.25, 0.3) is 0 Å². The Bertz CT molecular complexity index is 176. The molecule has 0 rings (SSSR count). The first-order chi connectivity index (χ1) is 7.11. The highest BCUT2D eigenvalue weighted by Gasteiger charge is 2.11. The Balaban J connectivity index is 3.65. The molecule has 1 amide bonds. The minimum atomic E-state index is 0.0263. The second kappa shape index (κ2) is 8.64. The van der Waals surface area contributed by atoms with Gasteiger partial charge in [0.05, 0.1) is 13.2 Å². The average molecular weight is 217 g/mol. The van der Waals surface area contributed by atoms with Crippen LogP contribution in [0.3, 0.4) is 0 Å². The number of methoxy groups -OCH3 is 1. The normalized spacial score (nSPS) is 12.9. The van der Waals surface area contributed by atoms with Crippen LogP contribution < -0.4 is 11.1 Å². The molecule has 0 saturated heterocycles. The lowest BCUT2D eigenvalue weighted by atomic mass is 10.2. The van der Waals surface area contributed by atoms with Crippen molar-refractivity contribution in [1.82, 2.24) is 10.2 Å². The van der Waals surface area contributed by atoms with Gasteiger partial charge in [-0.3, -0.25) is 9.69 Å². The molecular formula is C10H23N3O2. The molecule has 0 fully saturated rings. The van der Waals surface area contributed by atoms with Crippen LogP contribution in [0.5, 0.6) is 0 Å². The Morgan fingerprint density at radius 1 is 1.60 bits per heavy atom. The van der Waals surface area contributed by atoms with Crippen molar-refractivity contribution < 1.29 is 9.53 Å². The summed E-state index contributed by atoms with van der Waals surface area (Å²) in [6.07, 6.45) is 0.905. The third-order valence-corrected chi connectivity index (χ3v) is 2.36. The molecule has 0 aromatic rings. The second-order valence-corrected chi connectivity index (χ2v) is 3.68. The van der Waals surface area contributed by atoms with Crippen LogP contribution in [0, 0.1) is 0 Å². The molecule has 15 heavy (non-hydrogen) atoms. The fourth-order valence-corrected chi connectivity index (χ4v) is 1.19. The molecule has 0 radical (unpaired) electrons. The number of hydrogen-bond acceptors (Lipinski definition) is 4. The third-order valence-electron chi connectivity index (χ3n) is 2.36. The van der Waals surface area contributed by atoms with E-state index in [4.69, 9.17) is 10.5 Å². The van der Waals surface area contributed by atoms with Crippen molar-refractivity contribution in [3.63, 3.8) is 0 Å². The molecule has 1 atom stereocenters. The summed E-state index contributed by atoms with van der Waals surface area (Å²) in [7, 11) is 3.54. The molecule has 1 unspecified atom stereocenters. The molecule has 5 heteroatoms. The van der Waals surface area contributed by atoms with Crippen LogP contribution >= 0.6 is 0 Å². The molecule has 0 bridgehead atoms. The number of nitrogens with two attached hydrogens (primary N) is 1. The average Bonchev–Trinajstić information content (AvgIpc) is 2.18. The number of nitrogens with one attached hydrogen (secondary N) is 1. The van der Waals surface area contributed by atoms with Gasteiger partial charge in [-0.15, -0.1) is 0 Å². The number of rotatable bonds is 8. The van der Waals surface area contributed by atoms with E-state index >= 15 is 0 Å². The van der Waals surface area contributed by atoms with Crippen LogP contribution in [0.1, 0.15) is 13.3 Å². The van der Waals surface area contributed by atoms with Crippen molar-refractivity contribution in [1.29, 1.82) is 0 Å². The van der Waals surface area contributed by atoms with Crippen molar-refractivity contribution in [3.05, 3.63) is 0 Å². The fourth-order valence-electron chi connectivity index (χ4n) is 1.19. The first-order valence-electron chi connectivity index (χ1n) is 5.27. The predicted molar refractivity (Wildman–Crippen MR) is 60.6 cm³/mol. The highest BCUT2D eigenvalue weighted by molar-refractivity contribution is 5.77. The lowest BCUT2D eigenvalue weighted by Gasteiger charge is -2.23. The van der Waals surface area contributed by atoms with E-state index in [-0.39, 0.29) is 5.91 Å². The van der Waals surface area contributed by atoms with Crippen LogP contribution in [0.4, 0.5) is 0 Å². The van der Waals surface area contributed by atoms with E-state index < -0.39 is 0 Å². The Morgan fingerprint density at radius 3 is 2.80 bits per heavy atom. The molecule has 0 aliphatic carbocycles. The molecule has 0 spiro atoms. The van der Waals surface area contributed by atoms with Crippen molar-refractivity contribution in [3.8, 4) is 0 Å². The number of amides is 1. The zero-order chi connectivity index (χ0) is 11.7. The summed E-state index contributed by atoms with van der Waals surface area (Å²) in [4.78, 5) is 13.4. The minimum absolute atomic E-state index is 0.0263. The molecule has 0 aromatic carbocycles. The highest BCUT2D eigenvalue weighted by atomic mass is 16.5. The number of likely N-dealkylation sites (N-methyl/N-ethyl adjacent to an activating group) is 1. The van der Waals surface area contributed by atoms with E-state index in [0.29, 0.717) is 32.3 Å². The summed E-state index contributed by atoms with van der Waals surface area (Å²) < 4.78 is 4.84. The highest BCUT2D eigenvalue weighted by Crippen LogP contribution is 1.98. The van der Waals surface area contributed by atoms with Gasteiger partial charge >= 0.3 is 0 Å². The predicted octanol–water partition coefficient (Wildman–Crippen LogP) is -0.582. The maximum Gasteiger partial charge on any atom is 0.234 e. The first-order valence-corrected chi connectivity index (χ1v) is 5.27. The Hall–Kier alpha value is -0.650. The lowest BCUT2D eigenvalue weighted by Crippen LogP contribution is -2.41. The van der Waals surface area contributed by atoms with Crippen molar-refractivity contribution in [2.75, 3.05) is 40.4 Å². The van der Waals surface area contributed by atoms with E-state index in [1.54, 1.807) is 7.11 Å². The van der Waals surface area contributed by atoms with Crippen LogP contribution in [0.15, 0.2) is 0 Å². The Kier molecular flexibility index (Phi) is 8.27. The van der Waals surface area contributed by atoms with Gasteiger partial charge in [0.1, 0.15) is 0 Å². The monoisotopic (exact) mass is 217 g/mol. The van der Waals surface area contributed by atoms with Crippen LogP contribution in [-0.2, 0) is 9.53 Å². The zero-order valence-electron chi connectivity index (χ0n) is 9.95. The van der Waals surface area contributed by atoms with E-state index in [1.165, 1.54) is 0 Å². The zero-order valence-corrected chi connectivity index (χ0v) is 9.95. The molecule has 0 aliphatic rings. The van der Waals surface area contributed by atoms with Crippen molar-refractivity contribution in [2.24, 2.45) is 5.73 Å². The van der Waals surface area contributed by atoms with Gasteiger partial charge in [-0.1, -0.05) is 0 Å². The maximum absolute atomic E-state index is 11.4. The fraction of sp³-hybridized carbons (Fsp3) is 0.900. The van der Waals surface area contributed by atoms with Crippen molar-refractivity contribution >= 4 is 5.91 Å². The maximum atomic E-state index is 11.4. The van der Waals surface area contributed by atoms with Crippen LogP contribution in [-0.4, -0.2) is 57.2 Å². The van der Waals surface area contributed by atoms with Gasteiger partial charge < -0.3 is 15.8 Å². The lowest BCUT2D eigenvalue weighted by molar-refractivity contribution is -0.122. The summed E-state index contributed by atoms with van der Waals surface area (Å²) in [6, 6.07) is 0.336. The number of carbonyl (C=O) groups excluding carboxylic acids is 1. The van der Waals surface area contributed by atoms with E-state index in [0.717, 1.165) is 6.42 Å². The standard InChI is InChI=1S/C10H23N3O2/c1-9(4-5-11)13(2)8-10(14)12-6-7-15-3/h9H,4-8,11H2,1-3H3,(H,12,14). The minimum Gasteiger partial charge on any atom is -0.383 e. The van der Waals surface area contributed by atoms with Gasteiger partial charge in [-0.05, 0) is 26.9 Å². The number of carbonyl (C=O) groups is 1. The molecule has 3 N–H and O–H groups in total. The van der Waals surface area contributed by atoms with E-state index in [9.17, 15) is 4.79 Å². The summed E-state index contributed by atoms with van der Waals surface area (Å²) in [6.45, 7) is 4.24. The number of hydrogen-bond donors (Lipinski definition) is 2. The van der Waals surface area contributed by atoms with Gasteiger partial charge in [-0.25, -0.2) is 0 Å². The summed E-state index contributed by atoms with van der Waals surface area (Å²) in [5.41, 5.74) is 5.45. The summed E-state index contributed by atoms with van der Waals surface area (Å²) in [5, 5.41) is 2.77. The summed E-state index contributed by atoms with van der Waals surface area (Å²) >= 11 is 0. The molecule has 0 aliphatic heterocycles. The molecule has 5 nitrogen and oxygen atoms in total. The molecule has 0 heterocycles. The number of ether oxygens (including phenoxy) is 1. The second-order valence-electron chi connectivity index (χ2n) is 3.68. The molecule has 0 aromatic heterocycles. The molecule has 0 saturated carbocycles. The third kappa shape index (κ3) is 7.30.